The van der Waals surface area contributed by atoms with Crippen LogP contribution in [0.4, 0.5) is 0 Å². The van der Waals surface area contributed by atoms with Crippen molar-refractivity contribution in [1.82, 2.24) is 14.5 Å². The van der Waals surface area contributed by atoms with Gasteiger partial charge >= 0.3 is 0 Å². The number of aromatic nitrogens is 3. The Morgan fingerprint density at radius 2 is 1.33 bits per heavy atom. The van der Waals surface area contributed by atoms with Gasteiger partial charge in [0.2, 0.25) is 0 Å². The molecule has 11 aromatic rings. The van der Waals surface area contributed by atoms with Crippen LogP contribution in [0.2, 0.25) is 19.6 Å². The number of furan rings is 1. The Hall–Kier alpha value is -6.43. The predicted molar refractivity (Wildman–Crippen MR) is 303 cm³/mol. The van der Waals surface area contributed by atoms with E-state index in [4.69, 9.17) is 9.40 Å². The van der Waals surface area contributed by atoms with Gasteiger partial charge in [0.15, 0.2) is 0 Å². The molecule has 0 bridgehead atoms. The van der Waals surface area contributed by atoms with E-state index in [9.17, 15) is 0 Å². The van der Waals surface area contributed by atoms with Crippen molar-refractivity contribution < 1.29 is 24.5 Å². The van der Waals surface area contributed by atoms with Crippen LogP contribution >= 0.6 is 0 Å². The molecule has 1 aliphatic carbocycles. The maximum absolute atomic E-state index is 7.01. The molecular formula is C66H63IrN3OSi-2. The first-order valence-corrected chi connectivity index (χ1v) is 28.9. The zero-order valence-corrected chi connectivity index (χ0v) is 46.9. The molecule has 0 aliphatic heterocycles. The molecule has 6 heteroatoms. The molecule has 0 spiro atoms. The fourth-order valence-corrected chi connectivity index (χ4v) is 12.6. The Bertz CT molecular complexity index is 3790. The van der Waals surface area contributed by atoms with Crippen LogP contribution in [0, 0.1) is 12.1 Å². The van der Waals surface area contributed by atoms with Crippen molar-refractivity contribution in [2.75, 3.05) is 0 Å². The summed E-state index contributed by atoms with van der Waals surface area (Å²) in [5.41, 5.74) is 16.0. The van der Waals surface area contributed by atoms with Crippen LogP contribution in [-0.2, 0) is 30.9 Å². The second-order valence-electron chi connectivity index (χ2n) is 22.8. The molecule has 1 radical (unpaired) electrons. The average Bonchev–Trinajstić information content (AvgIpc) is 3.93. The van der Waals surface area contributed by atoms with Crippen molar-refractivity contribution >= 4 is 67.8 Å². The summed E-state index contributed by atoms with van der Waals surface area (Å²) in [6, 6.07) is 61.3. The molecule has 72 heavy (non-hydrogen) atoms. The molecule has 3 heterocycles. The van der Waals surface area contributed by atoms with Gasteiger partial charge in [-0.1, -0.05) is 159 Å². The summed E-state index contributed by atoms with van der Waals surface area (Å²) in [7, 11) is -1.23. The first kappa shape index (κ1) is 49.2. The number of benzene rings is 8. The summed E-state index contributed by atoms with van der Waals surface area (Å²) in [6.45, 7) is 25.8. The van der Waals surface area contributed by atoms with E-state index in [-0.39, 0.29) is 42.8 Å². The van der Waals surface area contributed by atoms with Crippen LogP contribution < -0.4 is 5.19 Å². The molecule has 3 aromatic heterocycles. The molecule has 0 atom stereocenters. The zero-order chi connectivity index (χ0) is 49.6. The fourth-order valence-electron chi connectivity index (χ4n) is 11.6. The molecule has 0 N–H and O–H groups in total. The van der Waals surface area contributed by atoms with Crippen LogP contribution in [0.3, 0.4) is 0 Å². The first-order chi connectivity index (χ1) is 34.0. The molecule has 0 fully saturated rings. The Morgan fingerprint density at radius 1 is 0.625 bits per heavy atom. The van der Waals surface area contributed by atoms with E-state index in [1.54, 1.807) is 0 Å². The molecule has 4 nitrogen and oxygen atoms in total. The van der Waals surface area contributed by atoms with E-state index in [0.717, 1.165) is 62.0 Å². The molecule has 0 amide bonds. The second-order valence-corrected chi connectivity index (χ2v) is 27.8. The van der Waals surface area contributed by atoms with Gasteiger partial charge < -0.3 is 14.0 Å². The van der Waals surface area contributed by atoms with Crippen LogP contribution in [0.25, 0.3) is 94.0 Å². The Labute approximate surface area is 439 Å². The van der Waals surface area contributed by atoms with Crippen molar-refractivity contribution in [1.29, 1.82) is 0 Å². The molecule has 1 aliphatic rings. The topological polar surface area (TPSA) is 43.9 Å². The van der Waals surface area contributed by atoms with Gasteiger partial charge in [0.25, 0.3) is 0 Å². The minimum absolute atomic E-state index is 0. The monoisotopic (exact) mass is 1130 g/mol. The summed E-state index contributed by atoms with van der Waals surface area (Å²) in [5.74, 6) is 1.39. The van der Waals surface area contributed by atoms with E-state index in [1.807, 2.05) is 36.5 Å². The zero-order valence-electron chi connectivity index (χ0n) is 43.5. The standard InChI is InChI=1S/C52H47N2O.C14H16NSi.Ir/c1-30(2)38-24-33(32-16-10-9-11-17-32)25-39(31(3)4)48(38)54-45-23-13-12-22-44(45)53-50(54)37-20-14-19-36-41-26-34-27-43-47-35(40(34)28-46(41)55-49(36)37)18-15-21-42(47)51(5,6)29-52(43,7)8;1-16(2,3)13-9-10-14(15-11-13)12-7-5-4-6-8-12;/h9-19,21-28,30-31H,29H2,1-8H3;4-7,9-11H,1-3H3;/q2*-1;. The van der Waals surface area contributed by atoms with E-state index in [1.165, 1.54) is 65.8 Å². The van der Waals surface area contributed by atoms with Gasteiger partial charge in [-0.3, -0.25) is 4.98 Å². The average molecular weight is 1130 g/mol. The Balaban J connectivity index is 0.000000300. The molecular weight excluding hydrogens is 1070 g/mol. The number of pyridine rings is 1. The van der Waals surface area contributed by atoms with Gasteiger partial charge in [-0.05, 0) is 137 Å². The quantitative estimate of drug-likeness (QED) is 0.0907. The summed E-state index contributed by atoms with van der Waals surface area (Å²) >= 11 is 0. The van der Waals surface area contributed by atoms with Crippen molar-refractivity contribution in [3.05, 3.63) is 192 Å². The molecule has 12 rings (SSSR count). The minimum Gasteiger partial charge on any atom is -0.501 e. The van der Waals surface area contributed by atoms with Crippen molar-refractivity contribution in [2.24, 2.45) is 0 Å². The maximum Gasteiger partial charge on any atom is 0.121 e. The Morgan fingerprint density at radius 3 is 2.01 bits per heavy atom. The van der Waals surface area contributed by atoms with Crippen molar-refractivity contribution in [2.45, 2.75) is 104 Å². The van der Waals surface area contributed by atoms with Gasteiger partial charge in [-0.2, -0.15) is 0 Å². The number of hydrogen-bond acceptors (Lipinski definition) is 3. The van der Waals surface area contributed by atoms with Crippen LogP contribution in [0.15, 0.2) is 162 Å². The first-order valence-electron chi connectivity index (χ1n) is 25.4. The van der Waals surface area contributed by atoms with Crippen LogP contribution in [-0.4, -0.2) is 22.6 Å². The smallest absolute Gasteiger partial charge is 0.121 e. The van der Waals surface area contributed by atoms with E-state index >= 15 is 0 Å². The summed E-state index contributed by atoms with van der Waals surface area (Å²) in [4.78, 5) is 9.92. The van der Waals surface area contributed by atoms with Gasteiger partial charge in [0.1, 0.15) is 5.58 Å². The van der Waals surface area contributed by atoms with E-state index < -0.39 is 8.07 Å². The molecule has 0 unspecified atom stereocenters. The number of hydrogen-bond donors (Lipinski definition) is 0. The van der Waals surface area contributed by atoms with Gasteiger partial charge in [0.05, 0.1) is 30.5 Å². The molecule has 363 valence electrons. The fraction of sp³-hybridized carbons (Fsp3) is 0.242. The largest absolute Gasteiger partial charge is 0.501 e. The van der Waals surface area contributed by atoms with E-state index in [0.29, 0.717) is 0 Å². The van der Waals surface area contributed by atoms with Gasteiger partial charge in [-0.15, -0.1) is 54.1 Å². The molecule has 0 saturated carbocycles. The molecule has 0 saturated heterocycles. The number of rotatable bonds is 7. The van der Waals surface area contributed by atoms with Crippen molar-refractivity contribution in [3.63, 3.8) is 0 Å². The SMILES string of the molecule is CC(C)c1cc(-c2ccccc2)cc(C(C)C)c1-n1c(-c2[c-]ccc3c2oc2cc4c(cc5c6c(cccc64)C(C)(C)CC5(C)C)cc23)nc2ccccc21.C[Si](C)(C)c1ccc(-c2[c-]cccc2)nc1.[Ir]. The number of para-hydroxylation sites is 2. The van der Waals surface area contributed by atoms with Crippen LogP contribution in [0.5, 0.6) is 0 Å². The third kappa shape index (κ3) is 8.55. The number of fused-ring (bicyclic) bond motifs is 6. The second kappa shape index (κ2) is 18.6. The molecule has 8 aromatic carbocycles. The van der Waals surface area contributed by atoms with Gasteiger partial charge in [0, 0.05) is 37.4 Å². The predicted octanol–water partition coefficient (Wildman–Crippen LogP) is 17.7. The number of nitrogens with zero attached hydrogens (tertiary/aromatic N) is 3. The minimum atomic E-state index is -1.23. The summed E-state index contributed by atoms with van der Waals surface area (Å²) in [5, 5.41) is 8.81. The third-order valence-corrected chi connectivity index (χ3v) is 17.0. The maximum atomic E-state index is 7.01. The van der Waals surface area contributed by atoms with Crippen LogP contribution in [0.1, 0.15) is 95.9 Å². The van der Waals surface area contributed by atoms with E-state index in [2.05, 4.69) is 218 Å². The number of imidazole rings is 1. The van der Waals surface area contributed by atoms with Crippen molar-refractivity contribution in [3.8, 4) is 39.5 Å². The Kier molecular flexibility index (Phi) is 12.7. The summed E-state index contributed by atoms with van der Waals surface area (Å²) in [6.07, 6.45) is 3.13. The summed E-state index contributed by atoms with van der Waals surface area (Å²) < 4.78 is 9.41. The third-order valence-electron chi connectivity index (χ3n) is 15.0. The van der Waals surface area contributed by atoms with Gasteiger partial charge in [-0.25, -0.2) is 0 Å². The normalized spacial score (nSPS) is 14.1.